The van der Waals surface area contributed by atoms with Gasteiger partial charge in [-0.1, -0.05) is 11.6 Å². The van der Waals surface area contributed by atoms with Crippen molar-refractivity contribution in [2.24, 2.45) is 5.10 Å². The first-order valence-electron chi connectivity index (χ1n) is 5.97. The highest BCUT2D eigenvalue weighted by Gasteiger charge is 2.10. The molecule has 0 aliphatic rings. The van der Waals surface area contributed by atoms with E-state index in [-0.39, 0.29) is 22.4 Å². The molecular formula is C14H13ClN2O4. The molecule has 0 atom stereocenters. The molecular weight excluding hydrogens is 296 g/mol. The van der Waals surface area contributed by atoms with Gasteiger partial charge < -0.3 is 14.3 Å². The molecule has 0 spiro atoms. The lowest BCUT2D eigenvalue weighted by molar-refractivity contribution is 0.0953. The third kappa shape index (κ3) is 3.35. The summed E-state index contributed by atoms with van der Waals surface area (Å²) in [5.41, 5.74) is 3.35. The van der Waals surface area contributed by atoms with E-state index in [1.807, 2.05) is 0 Å². The molecule has 7 heteroatoms. The van der Waals surface area contributed by atoms with E-state index in [1.54, 1.807) is 19.1 Å². The monoisotopic (exact) mass is 308 g/mol. The second-order valence-corrected chi connectivity index (χ2v) is 4.55. The first-order valence-corrected chi connectivity index (χ1v) is 6.34. The van der Waals surface area contributed by atoms with E-state index < -0.39 is 0 Å². The summed E-state index contributed by atoms with van der Waals surface area (Å²) >= 11 is 5.85. The molecule has 6 nitrogen and oxygen atoms in total. The molecule has 21 heavy (non-hydrogen) atoms. The van der Waals surface area contributed by atoms with E-state index in [9.17, 15) is 9.90 Å². The fraction of sp³-hybridized carbons (Fsp3) is 0.143. The Morgan fingerprint density at radius 3 is 2.90 bits per heavy atom. The SMILES string of the molecule is COc1cc(/C=N/NC(=O)c2ccoc2C)cc(Cl)c1O. The number of nitrogens with zero attached hydrogens (tertiary/aromatic N) is 1. The molecule has 1 aromatic heterocycles. The minimum Gasteiger partial charge on any atom is -0.503 e. The van der Waals surface area contributed by atoms with Crippen molar-refractivity contribution in [1.82, 2.24) is 5.43 Å². The molecule has 1 aromatic carbocycles. The number of methoxy groups -OCH3 is 1. The fourth-order valence-corrected chi connectivity index (χ4v) is 1.89. The number of hydrazone groups is 1. The van der Waals surface area contributed by atoms with Crippen molar-refractivity contribution in [3.63, 3.8) is 0 Å². The molecule has 1 amide bonds. The molecule has 0 saturated heterocycles. The number of aromatic hydroxyl groups is 1. The summed E-state index contributed by atoms with van der Waals surface area (Å²) in [6, 6.07) is 4.60. The number of hydrogen-bond donors (Lipinski definition) is 2. The number of carbonyl (C=O) groups excluding carboxylic acids is 1. The van der Waals surface area contributed by atoms with Crippen molar-refractivity contribution < 1.29 is 19.1 Å². The van der Waals surface area contributed by atoms with Crippen molar-refractivity contribution >= 4 is 23.7 Å². The first kappa shape index (κ1) is 14.9. The lowest BCUT2D eigenvalue weighted by atomic mass is 10.2. The van der Waals surface area contributed by atoms with E-state index in [1.165, 1.54) is 25.7 Å². The molecule has 2 aromatic rings. The Kier molecular flexibility index (Phi) is 4.49. The predicted octanol–water partition coefficient (Wildman–Crippen LogP) is 2.72. The Labute approximate surface area is 126 Å². The number of nitrogens with one attached hydrogen (secondary N) is 1. The number of aryl methyl sites for hydroxylation is 1. The summed E-state index contributed by atoms with van der Waals surface area (Å²) < 4.78 is 10.0. The molecule has 2 N–H and O–H groups in total. The van der Waals surface area contributed by atoms with Crippen LogP contribution in [0.3, 0.4) is 0 Å². The molecule has 0 fully saturated rings. The number of phenolic OH excluding ortho intramolecular Hbond substituents is 1. The Balaban J connectivity index is 2.10. The van der Waals surface area contributed by atoms with Gasteiger partial charge in [0.2, 0.25) is 0 Å². The number of phenols is 1. The molecule has 0 radical (unpaired) electrons. The van der Waals surface area contributed by atoms with Gasteiger partial charge in [-0.2, -0.15) is 5.10 Å². The van der Waals surface area contributed by atoms with Crippen LogP contribution in [0.5, 0.6) is 11.5 Å². The molecule has 0 aliphatic heterocycles. The molecule has 1 heterocycles. The number of amides is 1. The minimum absolute atomic E-state index is 0.132. The summed E-state index contributed by atoms with van der Waals surface area (Å²) in [4.78, 5) is 11.8. The third-order valence-corrected chi connectivity index (χ3v) is 3.04. The van der Waals surface area contributed by atoms with Crippen LogP contribution in [0.2, 0.25) is 5.02 Å². The normalized spacial score (nSPS) is 10.8. The van der Waals surface area contributed by atoms with Crippen LogP contribution in [0, 0.1) is 6.92 Å². The van der Waals surface area contributed by atoms with Crippen LogP contribution in [0.15, 0.2) is 34.0 Å². The maximum absolute atomic E-state index is 11.8. The van der Waals surface area contributed by atoms with E-state index >= 15 is 0 Å². The zero-order valence-electron chi connectivity index (χ0n) is 11.4. The number of benzene rings is 1. The largest absolute Gasteiger partial charge is 0.503 e. The highest BCUT2D eigenvalue weighted by atomic mass is 35.5. The molecule has 0 aliphatic carbocycles. The smallest absolute Gasteiger partial charge is 0.274 e. The van der Waals surface area contributed by atoms with Gasteiger partial charge in [-0.15, -0.1) is 0 Å². The molecule has 2 rings (SSSR count). The number of halogens is 1. The van der Waals surface area contributed by atoms with Gasteiger partial charge in [0.05, 0.1) is 30.2 Å². The van der Waals surface area contributed by atoms with Crippen LogP contribution >= 0.6 is 11.6 Å². The summed E-state index contributed by atoms with van der Waals surface area (Å²) in [5, 5.41) is 13.6. The fourth-order valence-electron chi connectivity index (χ4n) is 1.67. The second-order valence-electron chi connectivity index (χ2n) is 4.14. The van der Waals surface area contributed by atoms with Gasteiger partial charge in [0.15, 0.2) is 11.5 Å². The van der Waals surface area contributed by atoms with Crippen LogP contribution in [-0.2, 0) is 0 Å². The Bertz CT molecular complexity index is 694. The highest BCUT2D eigenvalue weighted by molar-refractivity contribution is 6.32. The summed E-state index contributed by atoms with van der Waals surface area (Å²) in [6.07, 6.45) is 2.82. The van der Waals surface area contributed by atoms with Crippen molar-refractivity contribution in [2.75, 3.05) is 7.11 Å². The maximum Gasteiger partial charge on any atom is 0.274 e. The standard InChI is InChI=1S/C14H13ClN2O4/c1-8-10(3-4-21-8)14(19)17-16-7-9-5-11(15)13(18)12(6-9)20-2/h3-7,18H,1-2H3,(H,17,19)/b16-7+. The Morgan fingerprint density at radius 2 is 2.29 bits per heavy atom. The van der Waals surface area contributed by atoms with E-state index in [2.05, 4.69) is 10.5 Å². The van der Waals surface area contributed by atoms with Gasteiger partial charge in [-0.25, -0.2) is 5.43 Å². The van der Waals surface area contributed by atoms with Gasteiger partial charge >= 0.3 is 0 Å². The van der Waals surface area contributed by atoms with Gasteiger partial charge in [0, 0.05) is 0 Å². The van der Waals surface area contributed by atoms with Crippen molar-refractivity contribution in [1.29, 1.82) is 0 Å². The third-order valence-electron chi connectivity index (χ3n) is 2.75. The Hall–Kier alpha value is -2.47. The minimum atomic E-state index is -0.380. The predicted molar refractivity (Wildman–Crippen MR) is 78.2 cm³/mol. The van der Waals surface area contributed by atoms with Crippen molar-refractivity contribution in [2.45, 2.75) is 6.92 Å². The van der Waals surface area contributed by atoms with Crippen LogP contribution in [-0.4, -0.2) is 24.3 Å². The van der Waals surface area contributed by atoms with Crippen LogP contribution in [0.4, 0.5) is 0 Å². The lowest BCUT2D eigenvalue weighted by Crippen LogP contribution is -2.17. The lowest BCUT2D eigenvalue weighted by Gasteiger charge is -2.06. The van der Waals surface area contributed by atoms with Crippen molar-refractivity contribution in [3.05, 3.63) is 46.4 Å². The van der Waals surface area contributed by atoms with Gasteiger partial charge in [0.1, 0.15) is 5.76 Å². The van der Waals surface area contributed by atoms with Gasteiger partial charge in [-0.3, -0.25) is 4.79 Å². The number of furan rings is 1. The van der Waals surface area contributed by atoms with E-state index in [4.69, 9.17) is 20.8 Å². The van der Waals surface area contributed by atoms with Crippen molar-refractivity contribution in [3.8, 4) is 11.5 Å². The number of carbonyl (C=O) groups is 1. The average molecular weight is 309 g/mol. The summed E-state index contributed by atoms with van der Waals surface area (Å²) in [6.45, 7) is 1.68. The topological polar surface area (TPSA) is 84.1 Å². The van der Waals surface area contributed by atoms with Crippen LogP contribution < -0.4 is 10.2 Å². The van der Waals surface area contributed by atoms with E-state index in [0.29, 0.717) is 16.9 Å². The Morgan fingerprint density at radius 1 is 1.52 bits per heavy atom. The molecule has 0 bridgehead atoms. The number of rotatable bonds is 4. The number of hydrogen-bond acceptors (Lipinski definition) is 5. The molecule has 0 unspecified atom stereocenters. The average Bonchev–Trinajstić information content (AvgIpc) is 2.88. The zero-order valence-corrected chi connectivity index (χ0v) is 12.1. The summed E-state index contributed by atoms with van der Waals surface area (Å²) in [7, 11) is 1.41. The first-order chi connectivity index (χ1) is 10.0. The van der Waals surface area contributed by atoms with Crippen LogP contribution in [0.1, 0.15) is 21.7 Å². The second kappa shape index (κ2) is 6.32. The highest BCUT2D eigenvalue weighted by Crippen LogP contribution is 2.34. The van der Waals surface area contributed by atoms with E-state index in [0.717, 1.165) is 0 Å². The zero-order chi connectivity index (χ0) is 15.4. The molecule has 110 valence electrons. The summed E-state index contributed by atoms with van der Waals surface area (Å²) in [5.74, 6) is 0.210. The van der Waals surface area contributed by atoms with Crippen LogP contribution in [0.25, 0.3) is 0 Å². The van der Waals surface area contributed by atoms with Gasteiger partial charge in [0.25, 0.3) is 5.91 Å². The number of ether oxygens (including phenoxy) is 1. The quantitative estimate of drug-likeness (QED) is 0.672. The van der Waals surface area contributed by atoms with Gasteiger partial charge in [-0.05, 0) is 30.7 Å². The maximum atomic E-state index is 11.8. The molecule has 0 saturated carbocycles.